The van der Waals surface area contributed by atoms with Gasteiger partial charge in [0.1, 0.15) is 5.76 Å². The Morgan fingerprint density at radius 1 is 1.18 bits per heavy atom. The molecule has 0 aromatic heterocycles. The molecular formula is C20H15BrN2O5. The van der Waals surface area contributed by atoms with Crippen LogP contribution in [0.25, 0.3) is 5.76 Å². The molecule has 142 valence electrons. The van der Waals surface area contributed by atoms with Gasteiger partial charge in [-0.15, -0.1) is 6.58 Å². The molecule has 0 saturated carbocycles. The molecule has 1 aliphatic rings. The van der Waals surface area contributed by atoms with Gasteiger partial charge in [0, 0.05) is 28.7 Å². The van der Waals surface area contributed by atoms with Gasteiger partial charge in [0.15, 0.2) is 0 Å². The second-order valence-corrected chi connectivity index (χ2v) is 7.01. The molecule has 1 saturated heterocycles. The van der Waals surface area contributed by atoms with Crippen LogP contribution in [0, 0.1) is 10.1 Å². The number of nitro groups is 1. The maximum Gasteiger partial charge on any atom is 0.295 e. The van der Waals surface area contributed by atoms with E-state index in [2.05, 4.69) is 22.5 Å². The van der Waals surface area contributed by atoms with Crippen LogP contribution in [0.3, 0.4) is 0 Å². The summed E-state index contributed by atoms with van der Waals surface area (Å²) in [5, 5.41) is 21.7. The fraction of sp³-hybridized carbons (Fsp3) is 0.100. The summed E-state index contributed by atoms with van der Waals surface area (Å²) in [4.78, 5) is 36.8. The normalized spacial score (nSPS) is 18.3. The zero-order valence-corrected chi connectivity index (χ0v) is 16.1. The van der Waals surface area contributed by atoms with Crippen molar-refractivity contribution in [2.75, 3.05) is 6.54 Å². The first kappa shape index (κ1) is 19.5. The summed E-state index contributed by atoms with van der Waals surface area (Å²) >= 11 is 3.30. The van der Waals surface area contributed by atoms with Crippen LogP contribution in [0.15, 0.2) is 71.2 Å². The molecule has 0 aliphatic carbocycles. The van der Waals surface area contributed by atoms with Crippen molar-refractivity contribution >= 4 is 39.1 Å². The van der Waals surface area contributed by atoms with E-state index in [9.17, 15) is 24.8 Å². The van der Waals surface area contributed by atoms with Crippen molar-refractivity contribution < 1.29 is 19.6 Å². The number of non-ortho nitro benzene ring substituents is 1. The lowest BCUT2D eigenvalue weighted by molar-refractivity contribution is -0.384. The molecule has 2 aromatic carbocycles. The van der Waals surface area contributed by atoms with Gasteiger partial charge in [-0.05, 0) is 29.8 Å². The predicted molar refractivity (Wildman–Crippen MR) is 106 cm³/mol. The van der Waals surface area contributed by atoms with E-state index in [1.807, 2.05) is 0 Å². The predicted octanol–water partition coefficient (Wildman–Crippen LogP) is 3.97. The first-order chi connectivity index (χ1) is 13.3. The standard InChI is InChI=1S/C20H15BrN2O5/c1-2-11-22-17(12-5-9-15(10-6-12)23(27)28)16(19(25)20(22)26)18(24)13-3-7-14(21)8-4-13/h2-10,17,24H,1,11H2. The van der Waals surface area contributed by atoms with Crippen molar-refractivity contribution in [3.05, 3.63) is 92.5 Å². The third-order valence-corrected chi connectivity index (χ3v) is 4.93. The number of likely N-dealkylation sites (tertiary alicyclic amines) is 1. The first-order valence-corrected chi connectivity index (χ1v) is 9.04. The molecule has 1 amide bonds. The van der Waals surface area contributed by atoms with Crippen LogP contribution in [-0.2, 0) is 9.59 Å². The topological polar surface area (TPSA) is 101 Å². The smallest absolute Gasteiger partial charge is 0.295 e. The third-order valence-electron chi connectivity index (χ3n) is 4.40. The Morgan fingerprint density at radius 3 is 2.32 bits per heavy atom. The Hall–Kier alpha value is -3.26. The zero-order chi connectivity index (χ0) is 20.4. The summed E-state index contributed by atoms with van der Waals surface area (Å²) in [7, 11) is 0. The highest BCUT2D eigenvalue weighted by Gasteiger charge is 2.45. The Morgan fingerprint density at radius 2 is 1.79 bits per heavy atom. The molecule has 0 spiro atoms. The van der Waals surface area contributed by atoms with Gasteiger partial charge >= 0.3 is 0 Å². The highest BCUT2D eigenvalue weighted by atomic mass is 79.9. The Kier molecular flexibility index (Phi) is 5.41. The molecule has 1 unspecified atom stereocenters. The van der Waals surface area contributed by atoms with Gasteiger partial charge in [0.05, 0.1) is 16.5 Å². The maximum atomic E-state index is 12.7. The van der Waals surface area contributed by atoms with Gasteiger partial charge in [0.2, 0.25) is 0 Å². The Balaban J connectivity index is 2.17. The number of aliphatic hydroxyl groups excluding tert-OH is 1. The van der Waals surface area contributed by atoms with Crippen LogP contribution in [-0.4, -0.2) is 33.2 Å². The van der Waals surface area contributed by atoms with Crippen LogP contribution in [0.2, 0.25) is 0 Å². The van der Waals surface area contributed by atoms with E-state index in [1.54, 1.807) is 24.3 Å². The monoisotopic (exact) mass is 442 g/mol. The number of rotatable bonds is 5. The summed E-state index contributed by atoms with van der Waals surface area (Å²) in [6.07, 6.45) is 1.48. The molecule has 3 rings (SSSR count). The Labute approximate surface area is 168 Å². The minimum absolute atomic E-state index is 0.0666. The number of ketones is 1. The molecule has 1 heterocycles. The van der Waals surface area contributed by atoms with E-state index in [1.165, 1.54) is 35.2 Å². The molecule has 1 N–H and O–H groups in total. The largest absolute Gasteiger partial charge is 0.507 e. The Bertz CT molecular complexity index is 996. The van der Waals surface area contributed by atoms with Crippen LogP contribution < -0.4 is 0 Å². The van der Waals surface area contributed by atoms with Crippen LogP contribution >= 0.6 is 15.9 Å². The van der Waals surface area contributed by atoms with E-state index < -0.39 is 22.7 Å². The average Bonchev–Trinajstić information content (AvgIpc) is 2.93. The van der Waals surface area contributed by atoms with Crippen molar-refractivity contribution in [1.29, 1.82) is 0 Å². The molecule has 8 heteroatoms. The summed E-state index contributed by atoms with van der Waals surface area (Å²) in [6.45, 7) is 3.70. The number of halogens is 1. The quantitative estimate of drug-likeness (QED) is 0.188. The van der Waals surface area contributed by atoms with E-state index >= 15 is 0 Å². The van der Waals surface area contributed by atoms with Gasteiger partial charge < -0.3 is 10.0 Å². The van der Waals surface area contributed by atoms with E-state index in [-0.39, 0.29) is 23.6 Å². The van der Waals surface area contributed by atoms with Gasteiger partial charge in [-0.2, -0.15) is 0 Å². The molecule has 1 aliphatic heterocycles. The number of benzene rings is 2. The molecule has 0 bridgehead atoms. The maximum absolute atomic E-state index is 12.7. The van der Waals surface area contributed by atoms with Gasteiger partial charge in [-0.1, -0.05) is 34.1 Å². The highest BCUT2D eigenvalue weighted by molar-refractivity contribution is 9.10. The van der Waals surface area contributed by atoms with Crippen molar-refractivity contribution in [3.63, 3.8) is 0 Å². The second kappa shape index (κ2) is 7.77. The lowest BCUT2D eigenvalue weighted by Crippen LogP contribution is -2.29. The number of carbonyl (C=O) groups is 2. The van der Waals surface area contributed by atoms with Crippen molar-refractivity contribution in [2.45, 2.75) is 6.04 Å². The fourth-order valence-corrected chi connectivity index (χ4v) is 3.36. The number of hydrogen-bond donors (Lipinski definition) is 1. The van der Waals surface area contributed by atoms with Gasteiger partial charge in [0.25, 0.3) is 17.4 Å². The third kappa shape index (κ3) is 3.46. The summed E-state index contributed by atoms with van der Waals surface area (Å²) in [6, 6.07) is 11.3. The van der Waals surface area contributed by atoms with Crippen LogP contribution in [0.4, 0.5) is 5.69 Å². The zero-order valence-electron chi connectivity index (χ0n) is 14.5. The second-order valence-electron chi connectivity index (χ2n) is 6.10. The number of nitrogens with zero attached hydrogens (tertiary/aromatic N) is 2. The number of aliphatic hydroxyl groups is 1. The van der Waals surface area contributed by atoms with Crippen molar-refractivity contribution in [1.82, 2.24) is 4.90 Å². The number of hydrogen-bond acceptors (Lipinski definition) is 5. The highest BCUT2D eigenvalue weighted by Crippen LogP contribution is 2.39. The number of carbonyl (C=O) groups excluding carboxylic acids is 2. The molecule has 28 heavy (non-hydrogen) atoms. The molecule has 1 fully saturated rings. The van der Waals surface area contributed by atoms with Crippen LogP contribution in [0.1, 0.15) is 17.2 Å². The van der Waals surface area contributed by atoms with Gasteiger partial charge in [-0.3, -0.25) is 19.7 Å². The number of Topliss-reactive ketones (excluding diaryl/α,β-unsaturated/α-hetero) is 1. The lowest BCUT2D eigenvalue weighted by Gasteiger charge is -2.24. The summed E-state index contributed by atoms with van der Waals surface area (Å²) < 4.78 is 0.795. The van der Waals surface area contributed by atoms with Crippen LogP contribution in [0.5, 0.6) is 0 Å². The van der Waals surface area contributed by atoms with E-state index in [4.69, 9.17) is 0 Å². The van der Waals surface area contributed by atoms with Crippen molar-refractivity contribution in [3.8, 4) is 0 Å². The SMILES string of the molecule is C=CCN1C(=O)C(=O)C(=C(O)c2ccc(Br)cc2)C1c1ccc([N+](=O)[O-])cc1. The summed E-state index contributed by atoms with van der Waals surface area (Å²) in [5.74, 6) is -1.88. The minimum atomic E-state index is -0.873. The van der Waals surface area contributed by atoms with Gasteiger partial charge in [-0.25, -0.2) is 0 Å². The number of nitro benzene ring substituents is 1. The molecule has 1 atom stereocenters. The average molecular weight is 443 g/mol. The molecule has 0 radical (unpaired) electrons. The molecular weight excluding hydrogens is 428 g/mol. The lowest BCUT2D eigenvalue weighted by atomic mass is 9.95. The molecule has 7 nitrogen and oxygen atoms in total. The minimum Gasteiger partial charge on any atom is -0.507 e. The van der Waals surface area contributed by atoms with E-state index in [0.29, 0.717) is 11.1 Å². The summed E-state index contributed by atoms with van der Waals surface area (Å²) in [5.41, 5.74) is 0.678. The molecule has 2 aromatic rings. The first-order valence-electron chi connectivity index (χ1n) is 8.24. The van der Waals surface area contributed by atoms with E-state index in [0.717, 1.165) is 4.47 Å². The fourth-order valence-electron chi connectivity index (χ4n) is 3.10. The van der Waals surface area contributed by atoms with Crippen molar-refractivity contribution in [2.24, 2.45) is 0 Å². The number of amides is 1.